The first-order valence-electron chi connectivity index (χ1n) is 6.99. The molecule has 0 bridgehead atoms. The zero-order valence-electron chi connectivity index (χ0n) is 13.4. The molecule has 0 radical (unpaired) electrons. The molecule has 0 fully saturated rings. The Balaban J connectivity index is 3.38. The molecule has 1 aliphatic heterocycles. The quantitative estimate of drug-likeness (QED) is 0.599. The predicted molar refractivity (Wildman–Crippen MR) is 77.3 cm³/mol. The number of dihydropyridines is 1. The number of carbonyl (C=O) groups excluding carboxylic acids is 3. The lowest BCUT2D eigenvalue weighted by Gasteiger charge is -2.28. The number of methoxy groups -OCH3 is 1. The highest BCUT2D eigenvalue weighted by atomic mass is 16.5. The van der Waals surface area contributed by atoms with Gasteiger partial charge in [0.15, 0.2) is 0 Å². The monoisotopic (exact) mass is 311 g/mol. The highest BCUT2D eigenvalue weighted by molar-refractivity contribution is 6.05. The van der Waals surface area contributed by atoms with E-state index >= 15 is 0 Å². The summed E-state index contributed by atoms with van der Waals surface area (Å²) in [5.74, 6) is -3.22. The Morgan fingerprint density at radius 3 is 1.68 bits per heavy atom. The average Bonchev–Trinajstić information content (AvgIpc) is 2.45. The lowest BCUT2D eigenvalue weighted by atomic mass is 9.85. The van der Waals surface area contributed by atoms with Gasteiger partial charge in [0, 0.05) is 11.4 Å². The molecule has 1 N–H and O–H groups in total. The van der Waals surface area contributed by atoms with Crippen molar-refractivity contribution in [2.24, 2.45) is 5.92 Å². The van der Waals surface area contributed by atoms with Crippen molar-refractivity contribution in [3.05, 3.63) is 22.5 Å². The fourth-order valence-corrected chi connectivity index (χ4v) is 2.31. The third-order valence-electron chi connectivity index (χ3n) is 3.19. The maximum atomic E-state index is 12.2. The van der Waals surface area contributed by atoms with Crippen LogP contribution in [0.4, 0.5) is 0 Å². The van der Waals surface area contributed by atoms with Crippen LogP contribution in [0, 0.1) is 5.92 Å². The van der Waals surface area contributed by atoms with Crippen molar-refractivity contribution < 1.29 is 28.6 Å². The molecule has 1 heterocycles. The normalized spacial score (nSPS) is 15.3. The van der Waals surface area contributed by atoms with Crippen LogP contribution in [-0.2, 0) is 28.6 Å². The molecule has 1 aliphatic rings. The third-order valence-corrected chi connectivity index (χ3v) is 3.19. The summed E-state index contributed by atoms with van der Waals surface area (Å²) < 4.78 is 14.7. The molecule has 0 aliphatic carbocycles. The Kier molecular flexibility index (Phi) is 6.15. The number of nitrogens with one attached hydrogen (secondary N) is 1. The topological polar surface area (TPSA) is 90.9 Å². The van der Waals surface area contributed by atoms with E-state index in [1.54, 1.807) is 27.7 Å². The summed E-state index contributed by atoms with van der Waals surface area (Å²) in [5, 5.41) is 2.92. The molecule has 0 spiro atoms. The van der Waals surface area contributed by atoms with E-state index in [0.29, 0.717) is 11.4 Å². The Bertz CT molecular complexity index is 506. The van der Waals surface area contributed by atoms with Crippen molar-refractivity contribution in [2.75, 3.05) is 20.3 Å². The summed E-state index contributed by atoms with van der Waals surface area (Å²) in [5.41, 5.74) is 1.00. The maximum Gasteiger partial charge on any atom is 0.337 e. The molecule has 0 atom stereocenters. The van der Waals surface area contributed by atoms with Crippen molar-refractivity contribution >= 4 is 17.9 Å². The van der Waals surface area contributed by atoms with Gasteiger partial charge in [0.2, 0.25) is 0 Å². The van der Waals surface area contributed by atoms with Crippen molar-refractivity contribution in [1.29, 1.82) is 0 Å². The molecule has 0 aromatic carbocycles. The van der Waals surface area contributed by atoms with E-state index in [1.807, 2.05) is 0 Å². The molecule has 7 nitrogen and oxygen atoms in total. The van der Waals surface area contributed by atoms with E-state index in [-0.39, 0.29) is 24.4 Å². The lowest BCUT2D eigenvalue weighted by Crippen LogP contribution is -2.38. The zero-order valence-corrected chi connectivity index (χ0v) is 13.4. The van der Waals surface area contributed by atoms with Gasteiger partial charge in [0.05, 0.1) is 31.5 Å². The van der Waals surface area contributed by atoms with Crippen molar-refractivity contribution in [1.82, 2.24) is 5.32 Å². The molecular weight excluding hydrogens is 290 g/mol. The second-order valence-corrected chi connectivity index (χ2v) is 4.60. The largest absolute Gasteiger partial charge is 0.468 e. The van der Waals surface area contributed by atoms with Crippen LogP contribution < -0.4 is 5.32 Å². The van der Waals surface area contributed by atoms with Crippen LogP contribution >= 0.6 is 0 Å². The molecule has 0 amide bonds. The molecular formula is C15H21NO6. The summed E-state index contributed by atoms with van der Waals surface area (Å²) in [6, 6.07) is 0. The van der Waals surface area contributed by atoms with Gasteiger partial charge in [-0.1, -0.05) is 0 Å². The van der Waals surface area contributed by atoms with Crippen LogP contribution in [0.25, 0.3) is 0 Å². The highest BCUT2D eigenvalue weighted by Crippen LogP contribution is 2.32. The van der Waals surface area contributed by atoms with Gasteiger partial charge in [-0.05, 0) is 27.7 Å². The van der Waals surface area contributed by atoms with Gasteiger partial charge < -0.3 is 19.5 Å². The first-order chi connectivity index (χ1) is 10.4. The summed E-state index contributed by atoms with van der Waals surface area (Å²) in [6.07, 6.45) is 0. The fraction of sp³-hybridized carbons (Fsp3) is 0.533. The molecule has 0 unspecified atom stereocenters. The number of esters is 3. The Morgan fingerprint density at radius 1 is 0.955 bits per heavy atom. The molecule has 1 rings (SSSR count). The van der Waals surface area contributed by atoms with E-state index < -0.39 is 23.8 Å². The van der Waals surface area contributed by atoms with Gasteiger partial charge in [0.25, 0.3) is 0 Å². The Morgan fingerprint density at radius 2 is 1.36 bits per heavy atom. The Hall–Kier alpha value is -2.31. The number of hydrogen-bond acceptors (Lipinski definition) is 7. The van der Waals surface area contributed by atoms with E-state index in [0.717, 1.165) is 0 Å². The number of carbonyl (C=O) groups is 3. The maximum absolute atomic E-state index is 12.2. The van der Waals surface area contributed by atoms with Crippen LogP contribution in [0.5, 0.6) is 0 Å². The minimum absolute atomic E-state index is 0.0577. The summed E-state index contributed by atoms with van der Waals surface area (Å²) in [4.78, 5) is 36.5. The van der Waals surface area contributed by atoms with E-state index in [9.17, 15) is 14.4 Å². The smallest absolute Gasteiger partial charge is 0.337 e. The fourth-order valence-electron chi connectivity index (χ4n) is 2.31. The molecule has 22 heavy (non-hydrogen) atoms. The summed E-state index contributed by atoms with van der Waals surface area (Å²) in [7, 11) is 1.20. The van der Waals surface area contributed by atoms with Crippen molar-refractivity contribution in [3.8, 4) is 0 Å². The average molecular weight is 311 g/mol. The van der Waals surface area contributed by atoms with Gasteiger partial charge in [-0.2, -0.15) is 0 Å². The molecule has 7 heteroatoms. The standard InChI is InChI=1S/C15H21NO6/c1-6-21-14(18)10-8(3)16-9(4)11(15(19)22-7-2)12(10)13(17)20-5/h12,16H,6-7H2,1-5H3. The van der Waals surface area contributed by atoms with Crippen LogP contribution in [0.2, 0.25) is 0 Å². The predicted octanol–water partition coefficient (Wildman–Crippen LogP) is 1.05. The third kappa shape index (κ3) is 3.47. The van der Waals surface area contributed by atoms with Gasteiger partial charge in [-0.25, -0.2) is 9.59 Å². The zero-order chi connectivity index (χ0) is 16.9. The van der Waals surface area contributed by atoms with Crippen LogP contribution in [0.1, 0.15) is 27.7 Å². The minimum atomic E-state index is -1.16. The van der Waals surface area contributed by atoms with E-state index in [4.69, 9.17) is 14.2 Å². The van der Waals surface area contributed by atoms with E-state index in [2.05, 4.69) is 5.32 Å². The first kappa shape index (κ1) is 17.7. The molecule has 122 valence electrons. The summed E-state index contributed by atoms with van der Waals surface area (Å²) >= 11 is 0. The number of hydrogen-bond donors (Lipinski definition) is 1. The van der Waals surface area contributed by atoms with E-state index in [1.165, 1.54) is 7.11 Å². The van der Waals surface area contributed by atoms with Crippen molar-refractivity contribution in [3.63, 3.8) is 0 Å². The first-order valence-corrected chi connectivity index (χ1v) is 6.99. The van der Waals surface area contributed by atoms with Gasteiger partial charge in [-0.3, -0.25) is 4.79 Å². The van der Waals surface area contributed by atoms with Gasteiger partial charge in [0.1, 0.15) is 5.92 Å². The molecule has 0 aromatic rings. The Labute approximate surface area is 129 Å². The summed E-state index contributed by atoms with van der Waals surface area (Å²) in [6.45, 7) is 6.89. The van der Waals surface area contributed by atoms with Crippen LogP contribution in [-0.4, -0.2) is 38.2 Å². The lowest BCUT2D eigenvalue weighted by molar-refractivity contribution is -0.149. The van der Waals surface area contributed by atoms with Gasteiger partial charge in [-0.15, -0.1) is 0 Å². The number of rotatable bonds is 5. The highest BCUT2D eigenvalue weighted by Gasteiger charge is 2.42. The van der Waals surface area contributed by atoms with Gasteiger partial charge >= 0.3 is 17.9 Å². The van der Waals surface area contributed by atoms with Crippen LogP contribution in [0.15, 0.2) is 22.5 Å². The SMILES string of the molecule is CCOC(=O)C1=C(C)NC(C)=C(C(=O)OCC)C1C(=O)OC. The number of ether oxygens (including phenoxy) is 3. The van der Waals surface area contributed by atoms with Crippen LogP contribution in [0.3, 0.4) is 0 Å². The number of allylic oxidation sites excluding steroid dienone is 2. The minimum Gasteiger partial charge on any atom is -0.468 e. The second kappa shape index (κ2) is 7.63. The molecule has 0 saturated heterocycles. The van der Waals surface area contributed by atoms with Crippen molar-refractivity contribution in [2.45, 2.75) is 27.7 Å². The second-order valence-electron chi connectivity index (χ2n) is 4.60. The molecule has 0 saturated carbocycles. The molecule has 0 aromatic heterocycles.